The first kappa shape index (κ1) is 18.2. The molecular formula is C18H27N3O3. The van der Waals surface area contributed by atoms with Gasteiger partial charge < -0.3 is 15.2 Å². The lowest BCUT2D eigenvalue weighted by atomic mass is 9.79. The average Bonchev–Trinajstić information content (AvgIpc) is 2.58. The van der Waals surface area contributed by atoms with Gasteiger partial charge in [0.2, 0.25) is 0 Å². The summed E-state index contributed by atoms with van der Waals surface area (Å²) in [6.45, 7) is 5.14. The van der Waals surface area contributed by atoms with Crippen molar-refractivity contribution in [3.8, 4) is 0 Å². The van der Waals surface area contributed by atoms with Crippen molar-refractivity contribution in [1.82, 2.24) is 9.88 Å². The van der Waals surface area contributed by atoms with E-state index in [-0.39, 0.29) is 5.56 Å². The summed E-state index contributed by atoms with van der Waals surface area (Å²) >= 11 is 0. The summed E-state index contributed by atoms with van der Waals surface area (Å²) in [5, 5.41) is 5.22. The molecule has 0 aromatic carbocycles. The van der Waals surface area contributed by atoms with Crippen molar-refractivity contribution < 1.29 is 9.59 Å². The van der Waals surface area contributed by atoms with Crippen LogP contribution < -0.4 is 16.2 Å². The molecule has 6 nitrogen and oxygen atoms in total. The number of nitrogens with one attached hydrogen (secondary N) is 2. The predicted octanol–water partition coefficient (Wildman–Crippen LogP) is 2.14. The number of hydrogen-bond acceptors (Lipinski definition) is 3. The first-order valence-corrected chi connectivity index (χ1v) is 8.81. The van der Waals surface area contributed by atoms with Crippen molar-refractivity contribution in [3.05, 3.63) is 28.7 Å². The molecule has 6 heteroatoms. The van der Waals surface area contributed by atoms with Crippen molar-refractivity contribution in [2.24, 2.45) is 11.8 Å². The SMILES string of the molecule is CCn1cc(NC(=O)C(=O)NCC[C@H]2CCCC[C@H]2C)ccc1=O. The zero-order valence-electron chi connectivity index (χ0n) is 14.5. The van der Waals surface area contributed by atoms with Gasteiger partial charge in [0.05, 0.1) is 5.69 Å². The molecule has 1 fully saturated rings. The highest BCUT2D eigenvalue weighted by molar-refractivity contribution is 6.39. The number of aryl methyl sites for hydroxylation is 1. The van der Waals surface area contributed by atoms with Crippen LogP contribution in [0.2, 0.25) is 0 Å². The average molecular weight is 333 g/mol. The molecule has 1 aromatic rings. The van der Waals surface area contributed by atoms with Gasteiger partial charge in [0, 0.05) is 25.4 Å². The number of pyridine rings is 1. The fraction of sp³-hybridized carbons (Fsp3) is 0.611. The second-order valence-electron chi connectivity index (χ2n) is 6.56. The maximum atomic E-state index is 11.9. The van der Waals surface area contributed by atoms with Crippen molar-refractivity contribution in [3.63, 3.8) is 0 Å². The molecule has 1 saturated carbocycles. The van der Waals surface area contributed by atoms with Crippen LogP contribution >= 0.6 is 0 Å². The normalized spacial score (nSPS) is 20.4. The lowest BCUT2D eigenvalue weighted by Crippen LogP contribution is -2.37. The zero-order valence-corrected chi connectivity index (χ0v) is 14.5. The zero-order chi connectivity index (χ0) is 17.5. The molecule has 24 heavy (non-hydrogen) atoms. The van der Waals surface area contributed by atoms with Crippen molar-refractivity contribution >= 4 is 17.5 Å². The van der Waals surface area contributed by atoms with Crippen LogP contribution in [0.25, 0.3) is 0 Å². The molecule has 1 aromatic heterocycles. The van der Waals surface area contributed by atoms with Crippen LogP contribution in [0.3, 0.4) is 0 Å². The molecule has 0 spiro atoms. The molecule has 2 amide bonds. The van der Waals surface area contributed by atoms with Crippen LogP contribution in [0.4, 0.5) is 5.69 Å². The van der Waals surface area contributed by atoms with E-state index >= 15 is 0 Å². The van der Waals surface area contributed by atoms with E-state index in [9.17, 15) is 14.4 Å². The summed E-state index contributed by atoms with van der Waals surface area (Å²) in [5.41, 5.74) is 0.305. The van der Waals surface area contributed by atoms with Gasteiger partial charge in [-0.25, -0.2) is 0 Å². The predicted molar refractivity (Wildman–Crippen MR) is 93.8 cm³/mol. The highest BCUT2D eigenvalue weighted by Crippen LogP contribution is 2.31. The van der Waals surface area contributed by atoms with E-state index in [1.165, 1.54) is 48.6 Å². The molecule has 132 valence electrons. The third-order valence-corrected chi connectivity index (χ3v) is 4.88. The van der Waals surface area contributed by atoms with Crippen LogP contribution in [0.1, 0.15) is 46.0 Å². The first-order chi connectivity index (χ1) is 11.5. The van der Waals surface area contributed by atoms with Gasteiger partial charge in [-0.1, -0.05) is 32.6 Å². The van der Waals surface area contributed by atoms with Gasteiger partial charge in [-0.3, -0.25) is 14.4 Å². The topological polar surface area (TPSA) is 80.2 Å². The van der Waals surface area contributed by atoms with Gasteiger partial charge >= 0.3 is 11.8 Å². The summed E-state index contributed by atoms with van der Waals surface area (Å²) in [6.07, 6.45) is 7.48. The molecule has 0 radical (unpaired) electrons. The van der Waals surface area contributed by atoms with Crippen LogP contribution in [0.15, 0.2) is 23.1 Å². The Balaban J connectivity index is 1.79. The molecule has 0 unspecified atom stereocenters. The minimum Gasteiger partial charge on any atom is -0.348 e. The molecule has 1 aliphatic carbocycles. The summed E-state index contributed by atoms with van der Waals surface area (Å²) in [7, 11) is 0. The second kappa shape index (κ2) is 8.66. The third kappa shape index (κ3) is 4.94. The fourth-order valence-electron chi connectivity index (χ4n) is 3.31. The van der Waals surface area contributed by atoms with Crippen molar-refractivity contribution in [2.75, 3.05) is 11.9 Å². The summed E-state index contributed by atoms with van der Waals surface area (Å²) in [5.74, 6) is -0.00417. The monoisotopic (exact) mass is 333 g/mol. The maximum absolute atomic E-state index is 11.9. The summed E-state index contributed by atoms with van der Waals surface area (Å²) < 4.78 is 1.47. The Morgan fingerprint density at radius 1 is 1.21 bits per heavy atom. The van der Waals surface area contributed by atoms with Gasteiger partial charge in [-0.05, 0) is 31.2 Å². The van der Waals surface area contributed by atoms with Gasteiger partial charge in [-0.2, -0.15) is 0 Å². The molecule has 2 N–H and O–H groups in total. The van der Waals surface area contributed by atoms with Crippen LogP contribution in [0.5, 0.6) is 0 Å². The second-order valence-corrected chi connectivity index (χ2v) is 6.56. The van der Waals surface area contributed by atoms with Gasteiger partial charge in [0.25, 0.3) is 5.56 Å². The fourth-order valence-corrected chi connectivity index (χ4v) is 3.31. The quantitative estimate of drug-likeness (QED) is 0.810. The highest BCUT2D eigenvalue weighted by Gasteiger charge is 2.21. The van der Waals surface area contributed by atoms with Gasteiger partial charge in [0.15, 0.2) is 0 Å². The lowest BCUT2D eigenvalue weighted by Gasteiger charge is -2.28. The van der Waals surface area contributed by atoms with Crippen LogP contribution in [0, 0.1) is 11.8 Å². The Hall–Kier alpha value is -2.11. The van der Waals surface area contributed by atoms with Crippen molar-refractivity contribution in [1.29, 1.82) is 0 Å². The maximum Gasteiger partial charge on any atom is 0.313 e. The Morgan fingerprint density at radius 2 is 1.96 bits per heavy atom. The number of anilines is 1. The Bertz CT molecular complexity index is 639. The molecule has 1 aliphatic rings. The Morgan fingerprint density at radius 3 is 2.67 bits per heavy atom. The van der Waals surface area contributed by atoms with Gasteiger partial charge in [-0.15, -0.1) is 0 Å². The molecule has 2 atom stereocenters. The highest BCUT2D eigenvalue weighted by atomic mass is 16.2. The van der Waals surface area contributed by atoms with Crippen LogP contribution in [-0.4, -0.2) is 22.9 Å². The van der Waals surface area contributed by atoms with E-state index in [4.69, 9.17) is 0 Å². The molecule has 0 aliphatic heterocycles. The number of rotatable bonds is 5. The minimum absolute atomic E-state index is 0.137. The number of amides is 2. The summed E-state index contributed by atoms with van der Waals surface area (Å²) in [4.78, 5) is 35.3. The molecule has 2 rings (SSSR count). The first-order valence-electron chi connectivity index (χ1n) is 8.81. The van der Waals surface area contributed by atoms with Crippen molar-refractivity contribution in [2.45, 2.75) is 52.5 Å². The van der Waals surface area contributed by atoms with E-state index in [1.54, 1.807) is 0 Å². The molecule has 0 bridgehead atoms. The largest absolute Gasteiger partial charge is 0.348 e. The van der Waals surface area contributed by atoms with E-state index in [2.05, 4.69) is 17.6 Å². The van der Waals surface area contributed by atoms with E-state index in [0.717, 1.165) is 6.42 Å². The molecule has 0 saturated heterocycles. The number of hydrogen-bond donors (Lipinski definition) is 2. The Labute approximate surface area is 142 Å². The third-order valence-electron chi connectivity index (χ3n) is 4.88. The Kier molecular flexibility index (Phi) is 6.58. The molecule has 1 heterocycles. The summed E-state index contributed by atoms with van der Waals surface area (Å²) in [6, 6.07) is 2.88. The smallest absolute Gasteiger partial charge is 0.313 e. The van der Waals surface area contributed by atoms with E-state index < -0.39 is 11.8 Å². The standard InChI is InChI=1S/C18H27N3O3/c1-3-21-12-15(8-9-16(21)22)20-18(24)17(23)19-11-10-14-7-5-4-6-13(14)2/h8-9,12-14H,3-7,10-11H2,1-2H3,(H,19,23)(H,20,24)/t13-,14-/m1/s1. The van der Waals surface area contributed by atoms with Gasteiger partial charge in [0.1, 0.15) is 0 Å². The number of carbonyl (C=O) groups is 2. The number of carbonyl (C=O) groups excluding carboxylic acids is 2. The molecular weight excluding hydrogens is 306 g/mol. The lowest BCUT2D eigenvalue weighted by molar-refractivity contribution is -0.136. The van der Waals surface area contributed by atoms with Crippen LogP contribution in [-0.2, 0) is 16.1 Å². The number of aromatic nitrogens is 1. The van der Waals surface area contributed by atoms with E-state index in [1.807, 2.05) is 6.92 Å². The number of nitrogens with zero attached hydrogens (tertiary/aromatic N) is 1. The minimum atomic E-state index is -0.701. The van der Waals surface area contributed by atoms with E-state index in [0.29, 0.717) is 30.6 Å².